The van der Waals surface area contributed by atoms with Crippen molar-refractivity contribution in [2.24, 2.45) is 0 Å². The quantitative estimate of drug-likeness (QED) is 0.564. The third-order valence-electron chi connectivity index (χ3n) is 4.66. The van der Waals surface area contributed by atoms with Crippen LogP contribution in [-0.2, 0) is 0 Å². The number of nitrogens with zero attached hydrogens (tertiary/aromatic N) is 2. The Bertz CT molecular complexity index is 907. The summed E-state index contributed by atoms with van der Waals surface area (Å²) in [6.07, 6.45) is 4.44. The average molecular weight is 360 g/mol. The Morgan fingerprint density at radius 3 is 2.56 bits per heavy atom. The Labute approximate surface area is 158 Å². The molecule has 1 aliphatic heterocycles. The monoisotopic (exact) mass is 360 g/mol. The third kappa shape index (κ3) is 4.19. The van der Waals surface area contributed by atoms with Crippen LogP contribution in [0.3, 0.4) is 0 Å². The van der Waals surface area contributed by atoms with E-state index in [0.717, 1.165) is 41.5 Å². The SMILES string of the molecule is N=C(c1ccc(Oc2ccccc2)cc1)c1cncnc1[NH2+]C[C@@H]1CCN1. The molecule has 0 saturated carbocycles. The first-order chi connectivity index (χ1) is 13.3. The van der Waals surface area contributed by atoms with Crippen LogP contribution in [0.4, 0.5) is 5.82 Å². The van der Waals surface area contributed by atoms with Crippen LogP contribution in [0.5, 0.6) is 11.5 Å². The molecule has 4 rings (SSSR count). The van der Waals surface area contributed by atoms with Crippen LogP contribution in [0.1, 0.15) is 17.5 Å². The van der Waals surface area contributed by atoms with Crippen LogP contribution in [0, 0.1) is 5.41 Å². The smallest absolute Gasteiger partial charge is 0.236 e. The highest BCUT2D eigenvalue weighted by Crippen LogP contribution is 2.22. The maximum absolute atomic E-state index is 8.59. The topological polar surface area (TPSA) is 87.5 Å². The van der Waals surface area contributed by atoms with Gasteiger partial charge in [0.1, 0.15) is 17.8 Å². The molecule has 0 aliphatic carbocycles. The van der Waals surface area contributed by atoms with Crippen molar-refractivity contribution in [1.82, 2.24) is 15.3 Å². The summed E-state index contributed by atoms with van der Waals surface area (Å²) >= 11 is 0. The standard InChI is InChI=1S/C21H21N5O/c22-20(19-13-23-14-26-21(19)25-12-16-10-11-24-16)15-6-8-18(9-7-15)27-17-4-2-1-3-5-17/h1-9,13-14,16,22,24H,10-12H2,(H,23,25,26)/p+1/t16-/m0/s1. The molecule has 3 aromatic rings. The maximum Gasteiger partial charge on any atom is 0.236 e. The highest BCUT2D eigenvalue weighted by atomic mass is 16.5. The predicted octanol–water partition coefficient (Wildman–Crippen LogP) is 2.24. The van der Waals surface area contributed by atoms with Gasteiger partial charge in [-0.15, -0.1) is 0 Å². The Hall–Kier alpha value is -3.09. The molecule has 4 N–H and O–H groups in total. The molecule has 0 amide bonds. The highest BCUT2D eigenvalue weighted by molar-refractivity contribution is 6.12. The summed E-state index contributed by atoms with van der Waals surface area (Å²) < 4.78 is 5.82. The molecule has 2 heterocycles. The van der Waals surface area contributed by atoms with Crippen LogP contribution < -0.4 is 15.4 Å². The first-order valence-corrected chi connectivity index (χ1v) is 9.08. The largest absolute Gasteiger partial charge is 0.457 e. The first kappa shape index (κ1) is 17.3. The molecular weight excluding hydrogens is 338 g/mol. The number of hydrogen-bond donors (Lipinski definition) is 3. The Kier molecular flexibility index (Phi) is 5.18. The van der Waals surface area contributed by atoms with Crippen LogP contribution in [0.2, 0.25) is 0 Å². The van der Waals surface area contributed by atoms with Gasteiger partial charge in [-0.2, -0.15) is 4.98 Å². The van der Waals surface area contributed by atoms with Gasteiger partial charge in [-0.3, -0.25) is 10.7 Å². The van der Waals surface area contributed by atoms with E-state index in [4.69, 9.17) is 10.1 Å². The number of aromatic nitrogens is 2. The van der Waals surface area contributed by atoms with E-state index < -0.39 is 0 Å². The van der Waals surface area contributed by atoms with Crippen LogP contribution >= 0.6 is 0 Å². The van der Waals surface area contributed by atoms with Crippen LogP contribution in [-0.4, -0.2) is 34.8 Å². The first-order valence-electron chi connectivity index (χ1n) is 9.08. The maximum atomic E-state index is 8.59. The second-order valence-electron chi connectivity index (χ2n) is 6.52. The van der Waals surface area contributed by atoms with Crippen molar-refractivity contribution in [3.8, 4) is 11.5 Å². The van der Waals surface area contributed by atoms with Gasteiger partial charge < -0.3 is 10.1 Å². The van der Waals surface area contributed by atoms with E-state index >= 15 is 0 Å². The Morgan fingerprint density at radius 2 is 1.85 bits per heavy atom. The van der Waals surface area contributed by atoms with Gasteiger partial charge in [0, 0.05) is 11.8 Å². The summed E-state index contributed by atoms with van der Waals surface area (Å²) in [5.74, 6) is 2.34. The van der Waals surface area contributed by atoms with Crippen molar-refractivity contribution in [3.63, 3.8) is 0 Å². The summed E-state index contributed by atoms with van der Waals surface area (Å²) in [7, 11) is 0. The fourth-order valence-corrected chi connectivity index (χ4v) is 2.97. The van der Waals surface area contributed by atoms with Crippen molar-refractivity contribution in [1.29, 1.82) is 5.41 Å². The van der Waals surface area contributed by atoms with Gasteiger partial charge in [0.05, 0.1) is 23.9 Å². The van der Waals surface area contributed by atoms with E-state index in [1.165, 1.54) is 12.7 Å². The molecule has 6 nitrogen and oxygen atoms in total. The summed E-state index contributed by atoms with van der Waals surface area (Å²) in [6.45, 7) is 2.00. The van der Waals surface area contributed by atoms with E-state index in [-0.39, 0.29) is 0 Å². The Morgan fingerprint density at radius 1 is 1.11 bits per heavy atom. The summed E-state index contributed by atoms with van der Waals surface area (Å²) in [6, 6.07) is 17.7. The molecule has 1 saturated heterocycles. The minimum absolute atomic E-state index is 0.412. The summed E-state index contributed by atoms with van der Waals surface area (Å²) in [5, 5.41) is 14.1. The molecule has 0 spiro atoms. The minimum Gasteiger partial charge on any atom is -0.457 e. The number of benzene rings is 2. The lowest BCUT2D eigenvalue weighted by Gasteiger charge is -2.25. The second-order valence-corrected chi connectivity index (χ2v) is 6.52. The lowest BCUT2D eigenvalue weighted by atomic mass is 10.0. The molecular formula is C21H22N5O+. The summed E-state index contributed by atoms with van der Waals surface area (Å²) in [5.41, 5.74) is 1.96. The lowest BCUT2D eigenvalue weighted by Crippen LogP contribution is -2.83. The van der Waals surface area contributed by atoms with Crippen molar-refractivity contribution in [2.75, 3.05) is 13.1 Å². The molecule has 1 atom stereocenters. The highest BCUT2D eigenvalue weighted by Gasteiger charge is 2.21. The number of ether oxygens (including phenoxy) is 1. The van der Waals surface area contributed by atoms with E-state index in [2.05, 4.69) is 20.6 Å². The zero-order valence-corrected chi connectivity index (χ0v) is 14.9. The minimum atomic E-state index is 0.412. The van der Waals surface area contributed by atoms with Crippen LogP contribution in [0.15, 0.2) is 67.1 Å². The number of nitrogens with two attached hydrogens (primary N) is 1. The number of nitrogens with one attached hydrogen (secondary N) is 2. The molecule has 27 heavy (non-hydrogen) atoms. The fourth-order valence-electron chi connectivity index (χ4n) is 2.97. The lowest BCUT2D eigenvalue weighted by molar-refractivity contribution is -0.579. The van der Waals surface area contributed by atoms with Gasteiger partial charge in [0.25, 0.3) is 0 Å². The fraction of sp³-hybridized carbons (Fsp3) is 0.190. The van der Waals surface area contributed by atoms with Crippen molar-refractivity contribution in [3.05, 3.63) is 78.2 Å². The van der Waals surface area contributed by atoms with Crippen molar-refractivity contribution >= 4 is 11.5 Å². The van der Waals surface area contributed by atoms with Gasteiger partial charge >= 0.3 is 0 Å². The zero-order chi connectivity index (χ0) is 18.5. The normalized spacial score (nSPS) is 15.8. The van der Waals surface area contributed by atoms with E-state index in [0.29, 0.717) is 11.8 Å². The molecule has 1 fully saturated rings. The molecule has 2 aromatic carbocycles. The second kappa shape index (κ2) is 8.07. The van der Waals surface area contributed by atoms with Crippen molar-refractivity contribution in [2.45, 2.75) is 12.5 Å². The van der Waals surface area contributed by atoms with E-state index in [1.54, 1.807) is 6.20 Å². The van der Waals surface area contributed by atoms with Gasteiger partial charge in [-0.25, -0.2) is 4.98 Å². The van der Waals surface area contributed by atoms with Gasteiger partial charge in [-0.1, -0.05) is 18.2 Å². The van der Waals surface area contributed by atoms with Gasteiger partial charge in [-0.05, 0) is 49.4 Å². The molecule has 0 unspecified atom stereocenters. The molecule has 6 heteroatoms. The Balaban J connectivity index is 1.47. The van der Waals surface area contributed by atoms with Crippen LogP contribution in [0.25, 0.3) is 0 Å². The molecule has 0 bridgehead atoms. The van der Waals surface area contributed by atoms with Gasteiger partial charge in [0.15, 0.2) is 0 Å². The van der Waals surface area contributed by atoms with Gasteiger partial charge in [0.2, 0.25) is 5.82 Å². The number of quaternary nitrogens is 1. The molecule has 1 aliphatic rings. The molecule has 0 radical (unpaired) electrons. The van der Waals surface area contributed by atoms with E-state index in [1.807, 2.05) is 54.6 Å². The average Bonchev–Trinajstić information content (AvgIpc) is 2.68. The summed E-state index contributed by atoms with van der Waals surface area (Å²) in [4.78, 5) is 8.48. The number of rotatable bonds is 7. The number of para-hydroxylation sites is 1. The molecule has 1 aromatic heterocycles. The third-order valence-corrected chi connectivity index (χ3v) is 4.66. The van der Waals surface area contributed by atoms with E-state index in [9.17, 15) is 0 Å². The predicted molar refractivity (Wildman–Crippen MR) is 104 cm³/mol. The number of hydrogen-bond acceptors (Lipinski definition) is 5. The van der Waals surface area contributed by atoms with Crippen molar-refractivity contribution < 1.29 is 10.1 Å². The molecule has 136 valence electrons. The zero-order valence-electron chi connectivity index (χ0n) is 14.9.